The van der Waals surface area contributed by atoms with Crippen molar-refractivity contribution >= 4 is 11.5 Å². The van der Waals surface area contributed by atoms with Crippen LogP contribution >= 0.6 is 0 Å². The predicted molar refractivity (Wildman–Crippen MR) is 52.4 cm³/mol. The first-order valence-corrected chi connectivity index (χ1v) is 4.22. The van der Waals surface area contributed by atoms with E-state index in [0.29, 0.717) is 5.69 Å². The number of aromatic nitrogens is 2. The van der Waals surface area contributed by atoms with Crippen LogP contribution in [0.4, 0.5) is 11.5 Å². The molecule has 5 nitrogen and oxygen atoms in total. The molecule has 0 aliphatic rings. The van der Waals surface area contributed by atoms with E-state index in [1.807, 2.05) is 20.9 Å². The first-order chi connectivity index (χ1) is 6.11. The van der Waals surface area contributed by atoms with E-state index in [9.17, 15) is 0 Å². The molecular weight excluding hydrogens is 168 g/mol. The maximum absolute atomic E-state index is 5.85. The Bertz CT molecular complexity index is 291. The zero-order valence-electron chi connectivity index (χ0n) is 8.53. The smallest absolute Gasteiger partial charge is 0.174 e. The van der Waals surface area contributed by atoms with Gasteiger partial charge in [0, 0.05) is 13.6 Å². The number of anilines is 2. The van der Waals surface area contributed by atoms with Crippen molar-refractivity contribution in [3.8, 4) is 0 Å². The van der Waals surface area contributed by atoms with Crippen LogP contribution in [0.2, 0.25) is 0 Å². The quantitative estimate of drug-likeness (QED) is 0.702. The molecule has 0 aliphatic heterocycles. The normalized spacial score (nSPS) is 10.5. The highest BCUT2D eigenvalue weighted by molar-refractivity contribution is 5.64. The summed E-state index contributed by atoms with van der Waals surface area (Å²) in [6, 6.07) is 0. The van der Waals surface area contributed by atoms with E-state index in [2.05, 4.69) is 5.10 Å². The lowest BCUT2D eigenvalue weighted by Gasteiger charge is -2.19. The van der Waals surface area contributed by atoms with E-state index in [-0.39, 0.29) is 0 Å². The van der Waals surface area contributed by atoms with E-state index in [0.717, 1.165) is 18.1 Å². The highest BCUT2D eigenvalue weighted by atomic mass is 16.7. The van der Waals surface area contributed by atoms with Crippen molar-refractivity contribution < 1.29 is 4.84 Å². The monoisotopic (exact) mass is 184 g/mol. The van der Waals surface area contributed by atoms with Crippen molar-refractivity contribution in [1.29, 1.82) is 0 Å². The largest absolute Gasteiger partial charge is 0.394 e. The summed E-state index contributed by atoms with van der Waals surface area (Å²) in [6.45, 7) is 4.60. The minimum Gasteiger partial charge on any atom is -0.394 e. The average molecular weight is 184 g/mol. The van der Waals surface area contributed by atoms with Crippen molar-refractivity contribution in [2.24, 2.45) is 7.05 Å². The van der Waals surface area contributed by atoms with Crippen LogP contribution in [0.3, 0.4) is 0 Å². The molecule has 0 bridgehead atoms. The molecule has 0 spiro atoms. The Morgan fingerprint density at radius 3 is 2.54 bits per heavy atom. The Hall–Kier alpha value is -1.23. The molecule has 5 heteroatoms. The van der Waals surface area contributed by atoms with Gasteiger partial charge in [0.25, 0.3) is 0 Å². The van der Waals surface area contributed by atoms with Gasteiger partial charge < -0.3 is 5.73 Å². The Morgan fingerprint density at radius 1 is 1.62 bits per heavy atom. The molecule has 1 heterocycles. The van der Waals surface area contributed by atoms with Crippen LogP contribution in [0.25, 0.3) is 0 Å². The molecule has 0 amide bonds. The molecule has 0 aliphatic carbocycles. The van der Waals surface area contributed by atoms with E-state index in [1.165, 1.54) is 0 Å². The summed E-state index contributed by atoms with van der Waals surface area (Å²) >= 11 is 0. The molecule has 13 heavy (non-hydrogen) atoms. The van der Waals surface area contributed by atoms with Gasteiger partial charge in [-0.2, -0.15) is 5.10 Å². The van der Waals surface area contributed by atoms with Gasteiger partial charge in [0.2, 0.25) is 0 Å². The number of nitrogen functional groups attached to an aromatic ring is 1. The second-order valence-electron chi connectivity index (χ2n) is 2.82. The van der Waals surface area contributed by atoms with Crippen molar-refractivity contribution in [1.82, 2.24) is 9.78 Å². The molecule has 0 aromatic carbocycles. The van der Waals surface area contributed by atoms with Gasteiger partial charge in [0.05, 0.1) is 18.5 Å². The van der Waals surface area contributed by atoms with Gasteiger partial charge in [-0.15, -0.1) is 0 Å². The molecule has 1 aromatic heterocycles. The summed E-state index contributed by atoms with van der Waals surface area (Å²) < 4.78 is 1.72. The molecule has 1 aromatic rings. The molecule has 0 radical (unpaired) electrons. The predicted octanol–water partition coefficient (Wildman–Crippen LogP) is 0.698. The van der Waals surface area contributed by atoms with Gasteiger partial charge in [0.1, 0.15) is 0 Å². The molecule has 0 unspecified atom stereocenters. The fourth-order valence-corrected chi connectivity index (χ4v) is 1.32. The zero-order chi connectivity index (χ0) is 10.0. The molecule has 0 atom stereocenters. The standard InChI is InChI=1S/C8H16N4O/c1-5-12(13-4)8-7(9)6(2)10-11(8)3/h5,9H2,1-4H3. The molecule has 2 N–H and O–H groups in total. The van der Waals surface area contributed by atoms with E-state index >= 15 is 0 Å². The lowest BCUT2D eigenvalue weighted by atomic mass is 10.4. The van der Waals surface area contributed by atoms with Gasteiger partial charge >= 0.3 is 0 Å². The number of hydroxylamine groups is 1. The van der Waals surface area contributed by atoms with Crippen molar-refractivity contribution in [3.63, 3.8) is 0 Å². The summed E-state index contributed by atoms with van der Waals surface area (Å²) in [6.07, 6.45) is 0. The van der Waals surface area contributed by atoms with Crippen LogP contribution in [-0.4, -0.2) is 23.4 Å². The number of hydrogen-bond acceptors (Lipinski definition) is 4. The summed E-state index contributed by atoms with van der Waals surface area (Å²) in [4.78, 5) is 5.15. The zero-order valence-corrected chi connectivity index (χ0v) is 8.53. The van der Waals surface area contributed by atoms with Crippen molar-refractivity contribution in [3.05, 3.63) is 5.69 Å². The molecule has 0 fully saturated rings. The van der Waals surface area contributed by atoms with Crippen LogP contribution in [0.15, 0.2) is 0 Å². The van der Waals surface area contributed by atoms with Crippen molar-refractivity contribution in [2.45, 2.75) is 13.8 Å². The summed E-state index contributed by atoms with van der Waals surface area (Å²) in [5.74, 6) is 0.808. The van der Waals surface area contributed by atoms with Crippen molar-refractivity contribution in [2.75, 3.05) is 24.5 Å². The second kappa shape index (κ2) is 3.66. The van der Waals surface area contributed by atoms with Crippen LogP contribution in [0, 0.1) is 6.92 Å². The topological polar surface area (TPSA) is 56.3 Å². The number of aryl methyl sites for hydroxylation is 2. The van der Waals surface area contributed by atoms with E-state index < -0.39 is 0 Å². The van der Waals surface area contributed by atoms with Crippen LogP contribution in [-0.2, 0) is 11.9 Å². The molecule has 74 valence electrons. The van der Waals surface area contributed by atoms with Gasteiger partial charge in [-0.3, -0.25) is 4.84 Å². The number of rotatable bonds is 3. The maximum atomic E-state index is 5.85. The lowest BCUT2D eigenvalue weighted by molar-refractivity contribution is 0.166. The first kappa shape index (κ1) is 9.85. The Balaban J connectivity index is 3.11. The number of hydrogen-bond donors (Lipinski definition) is 1. The summed E-state index contributed by atoms with van der Waals surface area (Å²) in [5, 5.41) is 5.90. The third-order valence-corrected chi connectivity index (χ3v) is 1.98. The molecule has 1 rings (SSSR count). The summed E-state index contributed by atoms with van der Waals surface area (Å²) in [7, 11) is 3.46. The molecular formula is C8H16N4O. The minimum atomic E-state index is 0.672. The van der Waals surface area contributed by atoms with Gasteiger partial charge in [-0.25, -0.2) is 9.75 Å². The Labute approximate surface area is 78.0 Å². The van der Waals surface area contributed by atoms with Crippen LogP contribution < -0.4 is 10.8 Å². The van der Waals surface area contributed by atoms with E-state index in [1.54, 1.807) is 16.9 Å². The third kappa shape index (κ3) is 1.60. The van der Waals surface area contributed by atoms with Gasteiger partial charge in [0.15, 0.2) is 5.82 Å². The molecule has 0 saturated heterocycles. The van der Waals surface area contributed by atoms with Crippen LogP contribution in [0.5, 0.6) is 0 Å². The lowest BCUT2D eigenvalue weighted by Crippen LogP contribution is -2.24. The average Bonchev–Trinajstić information content (AvgIpc) is 2.34. The highest BCUT2D eigenvalue weighted by Gasteiger charge is 2.15. The SMILES string of the molecule is CCN(OC)c1c(N)c(C)nn1C. The maximum Gasteiger partial charge on any atom is 0.174 e. The Kier molecular flexibility index (Phi) is 2.77. The first-order valence-electron chi connectivity index (χ1n) is 4.22. The second-order valence-corrected chi connectivity index (χ2v) is 2.82. The molecule has 0 saturated carbocycles. The summed E-state index contributed by atoms with van der Waals surface area (Å²) in [5.41, 5.74) is 7.35. The van der Waals surface area contributed by atoms with Gasteiger partial charge in [-0.05, 0) is 13.8 Å². The highest BCUT2D eigenvalue weighted by Crippen LogP contribution is 2.24. The van der Waals surface area contributed by atoms with E-state index in [4.69, 9.17) is 10.6 Å². The number of nitrogens with two attached hydrogens (primary N) is 1. The Morgan fingerprint density at radius 2 is 2.23 bits per heavy atom. The fourth-order valence-electron chi connectivity index (χ4n) is 1.32. The minimum absolute atomic E-state index is 0.672. The van der Waals surface area contributed by atoms with Crippen LogP contribution in [0.1, 0.15) is 12.6 Å². The fraction of sp³-hybridized carbons (Fsp3) is 0.625. The number of nitrogens with zero attached hydrogens (tertiary/aromatic N) is 3. The van der Waals surface area contributed by atoms with Gasteiger partial charge in [-0.1, -0.05) is 0 Å². The third-order valence-electron chi connectivity index (χ3n) is 1.98.